The molecule has 5 nitrogen and oxygen atoms in total. The Labute approximate surface area is 155 Å². The van der Waals surface area contributed by atoms with Crippen LogP contribution in [-0.2, 0) is 22.6 Å². The number of amides is 2. The molecule has 1 fully saturated rings. The van der Waals surface area contributed by atoms with Gasteiger partial charge in [0.05, 0.1) is 12.1 Å². The number of thiazole rings is 1. The maximum absolute atomic E-state index is 12.1. The minimum Gasteiger partial charge on any atom is -0.352 e. The first-order chi connectivity index (χ1) is 12.1. The number of carbonyl (C=O) groups excluding carboxylic acids is 2. The second-order valence-electron chi connectivity index (χ2n) is 6.19. The third-order valence-electron chi connectivity index (χ3n) is 4.25. The number of nitrogens with one attached hydrogen (secondary N) is 2. The van der Waals surface area contributed by atoms with E-state index in [1.165, 1.54) is 11.3 Å². The molecule has 25 heavy (non-hydrogen) atoms. The lowest BCUT2D eigenvalue weighted by Gasteiger charge is -2.07. The van der Waals surface area contributed by atoms with Gasteiger partial charge in [-0.25, -0.2) is 4.98 Å². The first kappa shape index (κ1) is 17.9. The van der Waals surface area contributed by atoms with Gasteiger partial charge in [0, 0.05) is 22.9 Å². The summed E-state index contributed by atoms with van der Waals surface area (Å²) in [6.45, 7) is 0.450. The van der Waals surface area contributed by atoms with Crippen LogP contribution in [0.25, 0.3) is 0 Å². The zero-order valence-electron chi connectivity index (χ0n) is 13.8. The van der Waals surface area contributed by atoms with Crippen LogP contribution in [0.4, 0.5) is 5.13 Å². The number of anilines is 1. The predicted octanol–water partition coefficient (Wildman–Crippen LogP) is 3.78. The lowest BCUT2D eigenvalue weighted by molar-refractivity contribution is -0.121. The molecule has 0 unspecified atom stereocenters. The van der Waals surface area contributed by atoms with Gasteiger partial charge in [0.15, 0.2) is 5.13 Å². The molecule has 0 atom stereocenters. The Hall–Kier alpha value is -1.92. The third kappa shape index (κ3) is 5.28. The van der Waals surface area contributed by atoms with Gasteiger partial charge in [0.1, 0.15) is 0 Å². The highest BCUT2D eigenvalue weighted by molar-refractivity contribution is 7.13. The first-order valence-electron chi connectivity index (χ1n) is 8.36. The van der Waals surface area contributed by atoms with Crippen molar-refractivity contribution < 1.29 is 9.59 Å². The standard InChI is InChI=1S/C18H20ClN3O2S/c19-14-7-5-12(6-8-14)10-20-16(23)9-15-11-25-18(21-15)22-17(24)13-3-1-2-4-13/h5-8,11,13H,1-4,9-10H2,(H,20,23)(H,21,22,24). The number of benzene rings is 1. The van der Waals surface area contributed by atoms with Crippen molar-refractivity contribution in [3.05, 3.63) is 45.9 Å². The first-order valence-corrected chi connectivity index (χ1v) is 9.62. The molecular formula is C18H20ClN3O2S. The van der Waals surface area contributed by atoms with Crippen LogP contribution < -0.4 is 10.6 Å². The van der Waals surface area contributed by atoms with E-state index in [1.807, 2.05) is 17.5 Å². The SMILES string of the molecule is O=C(Cc1csc(NC(=O)C2CCCC2)n1)NCc1ccc(Cl)cc1. The van der Waals surface area contributed by atoms with Gasteiger partial charge in [-0.05, 0) is 30.5 Å². The minimum atomic E-state index is -0.103. The van der Waals surface area contributed by atoms with Crippen molar-refractivity contribution >= 4 is 39.9 Å². The van der Waals surface area contributed by atoms with E-state index in [4.69, 9.17) is 11.6 Å². The van der Waals surface area contributed by atoms with Crippen molar-refractivity contribution in [1.29, 1.82) is 0 Å². The van der Waals surface area contributed by atoms with Crippen molar-refractivity contribution in [2.24, 2.45) is 5.92 Å². The molecule has 3 rings (SSSR count). The number of nitrogens with zero attached hydrogens (tertiary/aromatic N) is 1. The van der Waals surface area contributed by atoms with E-state index < -0.39 is 0 Å². The molecule has 1 aromatic heterocycles. The van der Waals surface area contributed by atoms with E-state index >= 15 is 0 Å². The highest BCUT2D eigenvalue weighted by Gasteiger charge is 2.23. The topological polar surface area (TPSA) is 71.1 Å². The van der Waals surface area contributed by atoms with Crippen LogP contribution >= 0.6 is 22.9 Å². The van der Waals surface area contributed by atoms with Crippen LogP contribution in [0, 0.1) is 5.92 Å². The molecule has 0 aliphatic heterocycles. The van der Waals surface area contributed by atoms with Crippen molar-refractivity contribution in [2.75, 3.05) is 5.32 Å². The molecule has 0 radical (unpaired) electrons. The maximum atomic E-state index is 12.1. The van der Waals surface area contributed by atoms with E-state index in [0.717, 1.165) is 31.2 Å². The van der Waals surface area contributed by atoms with Crippen LogP contribution in [0.2, 0.25) is 5.02 Å². The fourth-order valence-electron chi connectivity index (χ4n) is 2.87. The molecule has 1 saturated carbocycles. The summed E-state index contributed by atoms with van der Waals surface area (Å²) in [6, 6.07) is 7.34. The summed E-state index contributed by atoms with van der Waals surface area (Å²) >= 11 is 7.19. The summed E-state index contributed by atoms with van der Waals surface area (Å²) in [4.78, 5) is 28.5. The Morgan fingerprint density at radius 2 is 1.92 bits per heavy atom. The van der Waals surface area contributed by atoms with Crippen LogP contribution in [0.1, 0.15) is 36.9 Å². The Morgan fingerprint density at radius 3 is 2.64 bits per heavy atom. The van der Waals surface area contributed by atoms with Gasteiger partial charge in [-0.3, -0.25) is 9.59 Å². The van der Waals surface area contributed by atoms with E-state index in [9.17, 15) is 9.59 Å². The van der Waals surface area contributed by atoms with E-state index in [1.54, 1.807) is 12.1 Å². The monoisotopic (exact) mass is 377 g/mol. The lowest BCUT2D eigenvalue weighted by atomic mass is 10.1. The largest absolute Gasteiger partial charge is 0.352 e. The van der Waals surface area contributed by atoms with Crippen LogP contribution in [-0.4, -0.2) is 16.8 Å². The van der Waals surface area contributed by atoms with Gasteiger partial charge in [-0.15, -0.1) is 11.3 Å². The fourth-order valence-corrected chi connectivity index (χ4v) is 3.71. The van der Waals surface area contributed by atoms with Gasteiger partial charge in [-0.1, -0.05) is 36.6 Å². The minimum absolute atomic E-state index is 0.0468. The summed E-state index contributed by atoms with van der Waals surface area (Å²) in [5, 5.41) is 8.77. The van der Waals surface area contributed by atoms with Gasteiger partial charge in [0.25, 0.3) is 0 Å². The molecule has 132 valence electrons. The maximum Gasteiger partial charge on any atom is 0.229 e. The molecule has 1 aliphatic carbocycles. The molecule has 1 aromatic carbocycles. The second kappa shape index (κ2) is 8.45. The average Bonchev–Trinajstić information content (AvgIpc) is 3.26. The van der Waals surface area contributed by atoms with Gasteiger partial charge < -0.3 is 10.6 Å². The summed E-state index contributed by atoms with van der Waals surface area (Å²) in [5.74, 6) is 0.0505. The Bertz CT molecular complexity index is 739. The van der Waals surface area contributed by atoms with Crippen molar-refractivity contribution in [2.45, 2.75) is 38.6 Å². The lowest BCUT2D eigenvalue weighted by Crippen LogP contribution is -2.24. The summed E-state index contributed by atoms with van der Waals surface area (Å²) < 4.78 is 0. The second-order valence-corrected chi connectivity index (χ2v) is 7.49. The summed E-state index contributed by atoms with van der Waals surface area (Å²) in [7, 11) is 0. The molecule has 1 heterocycles. The van der Waals surface area contributed by atoms with Gasteiger partial charge in [-0.2, -0.15) is 0 Å². The molecule has 7 heteroatoms. The van der Waals surface area contributed by atoms with E-state index in [-0.39, 0.29) is 24.2 Å². The van der Waals surface area contributed by atoms with Gasteiger partial charge in [0.2, 0.25) is 11.8 Å². The molecule has 0 spiro atoms. The number of aromatic nitrogens is 1. The van der Waals surface area contributed by atoms with E-state index in [0.29, 0.717) is 22.4 Å². The average molecular weight is 378 g/mol. The Morgan fingerprint density at radius 1 is 1.20 bits per heavy atom. The fraction of sp³-hybridized carbons (Fsp3) is 0.389. The number of carbonyl (C=O) groups is 2. The number of hydrogen-bond donors (Lipinski definition) is 2. The highest BCUT2D eigenvalue weighted by atomic mass is 35.5. The van der Waals surface area contributed by atoms with Gasteiger partial charge >= 0.3 is 0 Å². The van der Waals surface area contributed by atoms with Crippen molar-refractivity contribution in [3.8, 4) is 0 Å². The Balaban J connectivity index is 1.46. The highest BCUT2D eigenvalue weighted by Crippen LogP contribution is 2.26. The number of rotatable bonds is 6. The molecule has 0 saturated heterocycles. The summed E-state index contributed by atoms with van der Waals surface area (Å²) in [6.07, 6.45) is 4.35. The van der Waals surface area contributed by atoms with Crippen LogP contribution in [0.3, 0.4) is 0 Å². The molecule has 2 N–H and O–H groups in total. The zero-order chi connectivity index (χ0) is 17.6. The van der Waals surface area contributed by atoms with Crippen molar-refractivity contribution in [3.63, 3.8) is 0 Å². The Kier molecular flexibility index (Phi) is 6.04. The normalized spacial score (nSPS) is 14.4. The number of halogens is 1. The molecule has 1 aliphatic rings. The zero-order valence-corrected chi connectivity index (χ0v) is 15.3. The van der Waals surface area contributed by atoms with Crippen LogP contribution in [0.15, 0.2) is 29.6 Å². The molecule has 2 amide bonds. The quantitative estimate of drug-likeness (QED) is 0.804. The molecular weight excluding hydrogens is 358 g/mol. The molecule has 2 aromatic rings. The smallest absolute Gasteiger partial charge is 0.229 e. The predicted molar refractivity (Wildman–Crippen MR) is 99.7 cm³/mol. The van der Waals surface area contributed by atoms with E-state index in [2.05, 4.69) is 15.6 Å². The molecule has 0 bridgehead atoms. The third-order valence-corrected chi connectivity index (χ3v) is 5.31. The van der Waals surface area contributed by atoms with Crippen LogP contribution in [0.5, 0.6) is 0 Å². The van der Waals surface area contributed by atoms with Crippen molar-refractivity contribution in [1.82, 2.24) is 10.3 Å². The number of hydrogen-bond acceptors (Lipinski definition) is 4. The summed E-state index contributed by atoms with van der Waals surface area (Å²) in [5.41, 5.74) is 1.65.